The first kappa shape index (κ1) is 19.4. The molecule has 0 aromatic heterocycles. The third-order valence-corrected chi connectivity index (χ3v) is 4.61. The maximum Gasteiger partial charge on any atom is 0.223 e. The fourth-order valence-electron chi connectivity index (χ4n) is 3.33. The van der Waals surface area contributed by atoms with Crippen molar-refractivity contribution in [1.29, 1.82) is 0 Å². The summed E-state index contributed by atoms with van der Waals surface area (Å²) in [5, 5.41) is 3.34. The van der Waals surface area contributed by atoms with Crippen molar-refractivity contribution in [2.24, 2.45) is 0 Å². The number of amides is 1. The average Bonchev–Trinajstić information content (AvgIpc) is 3.17. The van der Waals surface area contributed by atoms with Crippen LogP contribution >= 0.6 is 0 Å². The highest BCUT2D eigenvalue weighted by Gasteiger charge is 2.25. The van der Waals surface area contributed by atoms with Gasteiger partial charge in [0.1, 0.15) is 0 Å². The molecule has 1 N–H and O–H groups in total. The summed E-state index contributed by atoms with van der Waals surface area (Å²) in [5.74, 6) is 2.03. The van der Waals surface area contributed by atoms with Gasteiger partial charge >= 0.3 is 0 Å². The number of aryl methyl sites for hydroxylation is 1. The van der Waals surface area contributed by atoms with E-state index in [1.807, 2.05) is 17.0 Å². The van der Waals surface area contributed by atoms with Gasteiger partial charge in [-0.1, -0.05) is 6.92 Å². The maximum absolute atomic E-state index is 12.7. The maximum atomic E-state index is 12.7. The number of rotatable bonds is 9. The molecule has 0 radical (unpaired) electrons. The predicted octanol–water partition coefficient (Wildman–Crippen LogP) is 2.25. The van der Waals surface area contributed by atoms with Crippen molar-refractivity contribution in [1.82, 2.24) is 10.2 Å². The van der Waals surface area contributed by atoms with Crippen LogP contribution in [0.2, 0.25) is 0 Å². The van der Waals surface area contributed by atoms with Crippen molar-refractivity contribution in [3.8, 4) is 17.2 Å². The minimum absolute atomic E-state index is 0.212. The number of carbonyl (C=O) groups is 1. The summed E-state index contributed by atoms with van der Waals surface area (Å²) in [5.41, 5.74) is 1.00. The molecule has 1 atom stereocenters. The molecule has 2 rings (SSSR count). The standard InChI is InChI=1S/C19H30N2O4/c1-5-10-21(15-8-9-20-13-15)18(22)7-6-14-11-16(23-2)19(25-4)17(12-14)24-3/h11-12,15,20H,5-10,13H2,1-4H3. The summed E-state index contributed by atoms with van der Waals surface area (Å²) in [7, 11) is 4.78. The molecule has 1 fully saturated rings. The minimum Gasteiger partial charge on any atom is -0.493 e. The van der Waals surface area contributed by atoms with Crippen molar-refractivity contribution in [3.05, 3.63) is 17.7 Å². The van der Waals surface area contributed by atoms with Gasteiger partial charge in [0.15, 0.2) is 11.5 Å². The van der Waals surface area contributed by atoms with E-state index in [4.69, 9.17) is 14.2 Å². The third-order valence-electron chi connectivity index (χ3n) is 4.61. The second-order valence-corrected chi connectivity index (χ2v) is 6.27. The Morgan fingerprint density at radius 1 is 1.20 bits per heavy atom. The summed E-state index contributed by atoms with van der Waals surface area (Å²) < 4.78 is 16.1. The lowest BCUT2D eigenvalue weighted by Gasteiger charge is -2.28. The second-order valence-electron chi connectivity index (χ2n) is 6.27. The molecule has 0 bridgehead atoms. The Morgan fingerprint density at radius 3 is 2.36 bits per heavy atom. The highest BCUT2D eigenvalue weighted by atomic mass is 16.5. The van der Waals surface area contributed by atoms with Crippen molar-refractivity contribution < 1.29 is 19.0 Å². The Hall–Kier alpha value is -1.95. The molecular weight excluding hydrogens is 320 g/mol. The van der Waals surface area contributed by atoms with E-state index in [9.17, 15) is 4.79 Å². The number of benzene rings is 1. The van der Waals surface area contributed by atoms with Crippen molar-refractivity contribution in [2.75, 3.05) is 41.0 Å². The van der Waals surface area contributed by atoms with Crippen molar-refractivity contribution in [3.63, 3.8) is 0 Å². The lowest BCUT2D eigenvalue weighted by Crippen LogP contribution is -2.42. The number of nitrogens with zero attached hydrogens (tertiary/aromatic N) is 1. The number of nitrogens with one attached hydrogen (secondary N) is 1. The third kappa shape index (κ3) is 4.78. The summed E-state index contributed by atoms with van der Waals surface area (Å²) in [6.45, 7) is 4.82. The van der Waals surface area contributed by atoms with Crippen LogP contribution in [0.25, 0.3) is 0 Å². The summed E-state index contributed by atoms with van der Waals surface area (Å²) in [6.07, 6.45) is 3.15. The van der Waals surface area contributed by atoms with E-state index in [1.165, 1.54) is 0 Å². The first-order valence-electron chi connectivity index (χ1n) is 8.93. The molecule has 1 aliphatic heterocycles. The normalized spacial score (nSPS) is 16.6. The molecule has 1 aromatic carbocycles. The monoisotopic (exact) mass is 350 g/mol. The number of ether oxygens (including phenoxy) is 3. The van der Waals surface area contributed by atoms with Gasteiger partial charge in [0.05, 0.1) is 21.3 Å². The van der Waals surface area contributed by atoms with E-state index in [2.05, 4.69) is 12.2 Å². The Kier molecular flexibility index (Phi) is 7.37. The van der Waals surface area contributed by atoms with Crippen LogP contribution in [0.3, 0.4) is 0 Å². The highest BCUT2D eigenvalue weighted by molar-refractivity contribution is 5.77. The van der Waals surface area contributed by atoms with E-state index in [-0.39, 0.29) is 5.91 Å². The molecule has 6 heteroatoms. The minimum atomic E-state index is 0.212. The van der Waals surface area contributed by atoms with Gasteiger partial charge in [-0.15, -0.1) is 0 Å². The van der Waals surface area contributed by atoms with E-state index >= 15 is 0 Å². The largest absolute Gasteiger partial charge is 0.493 e. The summed E-state index contributed by atoms with van der Waals surface area (Å²) in [4.78, 5) is 14.8. The van der Waals surface area contributed by atoms with Gasteiger partial charge in [-0.25, -0.2) is 0 Å². The van der Waals surface area contributed by atoms with Crippen LogP contribution in [-0.2, 0) is 11.2 Å². The second kappa shape index (κ2) is 9.51. The average molecular weight is 350 g/mol. The van der Waals surface area contributed by atoms with Crippen LogP contribution in [-0.4, -0.2) is 57.8 Å². The lowest BCUT2D eigenvalue weighted by atomic mass is 10.1. The van der Waals surface area contributed by atoms with E-state index in [0.29, 0.717) is 36.1 Å². The van der Waals surface area contributed by atoms with Crippen LogP contribution in [0.4, 0.5) is 0 Å². The lowest BCUT2D eigenvalue weighted by molar-refractivity contribution is -0.133. The molecule has 25 heavy (non-hydrogen) atoms. The SMILES string of the molecule is CCCN(C(=O)CCc1cc(OC)c(OC)c(OC)c1)C1CCNC1. The van der Waals surface area contributed by atoms with Gasteiger partial charge in [0, 0.05) is 25.6 Å². The number of methoxy groups -OCH3 is 3. The molecule has 1 aliphatic rings. The summed E-state index contributed by atoms with van der Waals surface area (Å²) >= 11 is 0. The van der Waals surface area contributed by atoms with Crippen molar-refractivity contribution >= 4 is 5.91 Å². The Bertz CT molecular complexity index is 546. The smallest absolute Gasteiger partial charge is 0.223 e. The van der Waals surface area contributed by atoms with Gasteiger partial charge < -0.3 is 24.4 Å². The van der Waals surface area contributed by atoms with Gasteiger partial charge in [-0.05, 0) is 43.5 Å². The zero-order valence-corrected chi connectivity index (χ0v) is 15.8. The van der Waals surface area contributed by atoms with E-state index < -0.39 is 0 Å². The first-order chi connectivity index (χ1) is 12.1. The van der Waals surface area contributed by atoms with Crippen LogP contribution in [0, 0.1) is 0 Å². The molecule has 1 saturated heterocycles. The Balaban J connectivity index is 2.07. The molecule has 1 amide bonds. The zero-order chi connectivity index (χ0) is 18.2. The van der Waals surface area contributed by atoms with Gasteiger partial charge in [-0.3, -0.25) is 4.79 Å². The first-order valence-corrected chi connectivity index (χ1v) is 8.93. The molecule has 1 aromatic rings. The number of carbonyl (C=O) groups excluding carboxylic acids is 1. The predicted molar refractivity (Wildman–Crippen MR) is 97.7 cm³/mol. The fraction of sp³-hybridized carbons (Fsp3) is 0.632. The van der Waals surface area contributed by atoms with Gasteiger partial charge in [0.2, 0.25) is 11.7 Å². The molecule has 1 unspecified atom stereocenters. The quantitative estimate of drug-likeness (QED) is 0.740. The molecule has 140 valence electrons. The zero-order valence-electron chi connectivity index (χ0n) is 15.8. The molecule has 0 aliphatic carbocycles. The van der Waals surface area contributed by atoms with Crippen LogP contribution in [0.1, 0.15) is 31.7 Å². The van der Waals surface area contributed by atoms with E-state index in [0.717, 1.165) is 38.0 Å². The van der Waals surface area contributed by atoms with Crippen LogP contribution < -0.4 is 19.5 Å². The molecule has 6 nitrogen and oxygen atoms in total. The number of hydrogen-bond acceptors (Lipinski definition) is 5. The van der Waals surface area contributed by atoms with Crippen LogP contribution in [0.5, 0.6) is 17.2 Å². The molecular formula is C19H30N2O4. The highest BCUT2D eigenvalue weighted by Crippen LogP contribution is 2.38. The Labute approximate surface area is 150 Å². The molecule has 0 spiro atoms. The van der Waals surface area contributed by atoms with Gasteiger partial charge in [0.25, 0.3) is 0 Å². The topological polar surface area (TPSA) is 60.0 Å². The molecule has 1 heterocycles. The molecule has 0 saturated carbocycles. The van der Waals surface area contributed by atoms with Gasteiger partial charge in [-0.2, -0.15) is 0 Å². The summed E-state index contributed by atoms with van der Waals surface area (Å²) in [6, 6.07) is 4.15. The number of hydrogen-bond donors (Lipinski definition) is 1. The Morgan fingerprint density at radius 2 is 1.88 bits per heavy atom. The van der Waals surface area contributed by atoms with Crippen LogP contribution in [0.15, 0.2) is 12.1 Å². The van der Waals surface area contributed by atoms with E-state index in [1.54, 1.807) is 21.3 Å². The van der Waals surface area contributed by atoms with Crippen molar-refractivity contribution in [2.45, 2.75) is 38.6 Å². The fourth-order valence-corrected chi connectivity index (χ4v) is 3.33.